The molecule has 2 aromatic heterocycles. The van der Waals surface area contributed by atoms with Crippen molar-refractivity contribution in [2.45, 2.75) is 82.6 Å². The average molecular weight is 452 g/mol. The van der Waals surface area contributed by atoms with Crippen LogP contribution in [0, 0.1) is 0 Å². The number of fused-ring (bicyclic) bond motifs is 2. The lowest BCUT2D eigenvalue weighted by Gasteiger charge is -2.54. The molecule has 0 bridgehead atoms. The quantitative estimate of drug-likeness (QED) is 0.662. The molecule has 4 atom stereocenters. The number of nitrogen functional groups attached to an aromatic ring is 1. The van der Waals surface area contributed by atoms with E-state index < -0.39 is 32.6 Å². The lowest BCUT2D eigenvalue weighted by molar-refractivity contribution is -0.0951. The van der Waals surface area contributed by atoms with Crippen molar-refractivity contribution in [2.24, 2.45) is 0 Å². The van der Waals surface area contributed by atoms with Crippen molar-refractivity contribution < 1.29 is 23.4 Å². The molecule has 31 heavy (non-hydrogen) atoms. The number of hydrogen-bond donors (Lipinski definition) is 2. The molecule has 10 nitrogen and oxygen atoms in total. The second kappa shape index (κ2) is 6.85. The minimum atomic E-state index is -2.78. The number of nitrogens with zero attached hydrogens (tertiary/aromatic N) is 4. The van der Waals surface area contributed by atoms with Gasteiger partial charge in [0, 0.05) is 10.1 Å². The van der Waals surface area contributed by atoms with Crippen molar-refractivity contribution in [2.75, 3.05) is 19.5 Å². The molecule has 3 N–H and O–H groups in total. The molecule has 2 saturated heterocycles. The Morgan fingerprint density at radius 1 is 1.23 bits per heavy atom. The van der Waals surface area contributed by atoms with Gasteiger partial charge >= 0.3 is 8.56 Å². The minimum Gasteiger partial charge on any atom is -0.479 e. The van der Waals surface area contributed by atoms with Gasteiger partial charge in [-0.05, 0) is 6.92 Å². The van der Waals surface area contributed by atoms with Gasteiger partial charge in [-0.15, -0.1) is 0 Å². The van der Waals surface area contributed by atoms with E-state index in [1.807, 2.05) is 0 Å². The number of aromatic nitrogens is 4. The monoisotopic (exact) mass is 451 g/mol. The third-order valence-electron chi connectivity index (χ3n) is 6.29. The summed E-state index contributed by atoms with van der Waals surface area (Å²) in [6.07, 6.45) is -0.227. The molecule has 0 saturated carbocycles. The molecule has 4 rings (SSSR count). The zero-order valence-electron chi connectivity index (χ0n) is 19.5. The summed E-state index contributed by atoms with van der Waals surface area (Å²) in [6.45, 7) is 14.9. The first-order valence-electron chi connectivity index (χ1n) is 10.5. The van der Waals surface area contributed by atoms with Crippen LogP contribution in [0.2, 0.25) is 10.1 Å². The number of rotatable bonds is 2. The molecule has 2 fully saturated rings. The van der Waals surface area contributed by atoms with Gasteiger partial charge in [0.15, 0.2) is 17.4 Å². The minimum absolute atomic E-state index is 0.0487. The van der Waals surface area contributed by atoms with E-state index in [2.05, 4.69) is 56.5 Å². The zero-order valence-corrected chi connectivity index (χ0v) is 20.5. The van der Waals surface area contributed by atoms with Crippen LogP contribution >= 0.6 is 0 Å². The van der Waals surface area contributed by atoms with Crippen LogP contribution in [0.15, 0.2) is 6.33 Å². The van der Waals surface area contributed by atoms with E-state index >= 15 is 0 Å². The number of hydrogen-bond acceptors (Lipinski definition) is 9. The maximum atomic E-state index is 11.7. The molecule has 0 aliphatic carbocycles. The van der Waals surface area contributed by atoms with Gasteiger partial charge in [0.1, 0.15) is 17.8 Å². The van der Waals surface area contributed by atoms with Crippen molar-refractivity contribution in [1.29, 1.82) is 0 Å². The largest absolute Gasteiger partial charge is 0.479 e. The SMILES string of the molecule is COc1nc(N)nc2c1ncn2[C@@H]1O[C@@H]2CO[Si](C(C)(C)C)(C(C)(C)C)O[C@H]2[C@@]1(C)O. The molecular formula is C20H33N5O5Si. The van der Waals surface area contributed by atoms with E-state index in [0.717, 1.165) is 0 Å². The van der Waals surface area contributed by atoms with Crippen molar-refractivity contribution in [3.8, 4) is 5.88 Å². The van der Waals surface area contributed by atoms with E-state index in [9.17, 15) is 5.11 Å². The lowest BCUT2D eigenvalue weighted by Crippen LogP contribution is -2.66. The number of ether oxygens (including phenoxy) is 2. The number of imidazole rings is 1. The van der Waals surface area contributed by atoms with Crippen LogP contribution in [0.3, 0.4) is 0 Å². The summed E-state index contributed by atoms with van der Waals surface area (Å²) < 4.78 is 26.5. The maximum absolute atomic E-state index is 11.7. The zero-order chi connectivity index (χ0) is 23.0. The first-order chi connectivity index (χ1) is 14.2. The highest BCUT2D eigenvalue weighted by Gasteiger charge is 2.67. The van der Waals surface area contributed by atoms with Crippen LogP contribution in [-0.2, 0) is 13.6 Å². The number of methoxy groups -OCH3 is 1. The van der Waals surface area contributed by atoms with Crippen LogP contribution in [0.25, 0.3) is 11.2 Å². The van der Waals surface area contributed by atoms with Gasteiger partial charge in [0.05, 0.1) is 20.0 Å². The second-order valence-electron chi connectivity index (χ2n) is 10.6. The summed E-state index contributed by atoms with van der Waals surface area (Å²) in [5.74, 6) is 0.315. The highest BCUT2D eigenvalue weighted by Crippen LogP contribution is 2.57. The fourth-order valence-corrected chi connectivity index (χ4v) is 10.1. The molecule has 0 aromatic carbocycles. The van der Waals surface area contributed by atoms with Gasteiger partial charge in [-0.1, -0.05) is 41.5 Å². The highest BCUT2D eigenvalue weighted by atomic mass is 28.4. The Kier molecular flexibility index (Phi) is 4.95. The third-order valence-corrected chi connectivity index (χ3v) is 11.4. The van der Waals surface area contributed by atoms with Gasteiger partial charge in [-0.25, -0.2) is 4.98 Å². The van der Waals surface area contributed by atoms with E-state index in [1.54, 1.807) is 17.8 Å². The molecule has 0 amide bonds. The molecule has 4 heterocycles. The molecule has 11 heteroatoms. The molecule has 2 aromatic rings. The Bertz CT molecular complexity index is 982. The average Bonchev–Trinajstić information content (AvgIpc) is 3.17. The first kappa shape index (κ1) is 22.4. The molecule has 2 aliphatic rings. The summed E-state index contributed by atoms with van der Waals surface area (Å²) in [4.78, 5) is 12.7. The Hall–Kier alpha value is -1.79. The van der Waals surface area contributed by atoms with Crippen molar-refractivity contribution in [1.82, 2.24) is 19.5 Å². The van der Waals surface area contributed by atoms with Gasteiger partial charge in [0.25, 0.3) is 0 Å². The molecular weight excluding hydrogens is 418 g/mol. The van der Waals surface area contributed by atoms with Gasteiger partial charge in [-0.2, -0.15) is 9.97 Å². The predicted octanol–water partition coefficient (Wildman–Crippen LogP) is 2.52. The highest BCUT2D eigenvalue weighted by molar-refractivity contribution is 6.73. The Morgan fingerprint density at radius 3 is 2.45 bits per heavy atom. The molecule has 0 spiro atoms. The van der Waals surface area contributed by atoms with Crippen LogP contribution in [0.4, 0.5) is 5.95 Å². The molecule has 2 aliphatic heterocycles. The Balaban J connectivity index is 1.76. The van der Waals surface area contributed by atoms with E-state index in [1.165, 1.54) is 7.11 Å². The number of aliphatic hydroxyl groups is 1. The van der Waals surface area contributed by atoms with Crippen molar-refractivity contribution in [3.63, 3.8) is 0 Å². The van der Waals surface area contributed by atoms with Crippen LogP contribution in [-0.4, -0.2) is 64.7 Å². The summed E-state index contributed by atoms with van der Waals surface area (Å²) in [6, 6.07) is 0. The predicted molar refractivity (Wildman–Crippen MR) is 117 cm³/mol. The summed E-state index contributed by atoms with van der Waals surface area (Å²) in [5.41, 5.74) is 5.36. The van der Waals surface area contributed by atoms with Crippen LogP contribution in [0.1, 0.15) is 54.7 Å². The second-order valence-corrected chi connectivity index (χ2v) is 15.4. The topological polar surface area (TPSA) is 127 Å². The van der Waals surface area contributed by atoms with Gasteiger partial charge < -0.3 is 29.2 Å². The first-order valence-corrected chi connectivity index (χ1v) is 12.3. The Morgan fingerprint density at radius 2 is 1.87 bits per heavy atom. The number of anilines is 1. The van der Waals surface area contributed by atoms with Crippen LogP contribution in [0.5, 0.6) is 5.88 Å². The summed E-state index contributed by atoms with van der Waals surface area (Å²) >= 11 is 0. The fraction of sp³-hybridized carbons (Fsp3) is 0.750. The van der Waals surface area contributed by atoms with Crippen molar-refractivity contribution >= 4 is 25.7 Å². The van der Waals surface area contributed by atoms with Crippen LogP contribution < -0.4 is 10.5 Å². The van der Waals surface area contributed by atoms with E-state index in [4.69, 9.17) is 24.1 Å². The summed E-state index contributed by atoms with van der Waals surface area (Å²) in [5, 5.41) is 11.3. The molecule has 0 radical (unpaired) electrons. The van der Waals surface area contributed by atoms with Gasteiger partial charge in [-0.3, -0.25) is 4.57 Å². The maximum Gasteiger partial charge on any atom is 0.349 e. The smallest absolute Gasteiger partial charge is 0.349 e. The Labute approximate surface area is 183 Å². The fourth-order valence-electron chi connectivity index (χ4n) is 5.11. The third kappa shape index (κ3) is 3.17. The van der Waals surface area contributed by atoms with E-state index in [-0.39, 0.29) is 21.9 Å². The van der Waals surface area contributed by atoms with E-state index in [0.29, 0.717) is 17.8 Å². The summed E-state index contributed by atoms with van der Waals surface area (Å²) in [7, 11) is -1.29. The number of nitrogens with two attached hydrogens (primary N) is 1. The normalized spacial score (nSPS) is 31.1. The van der Waals surface area contributed by atoms with Crippen molar-refractivity contribution in [3.05, 3.63) is 6.33 Å². The van der Waals surface area contributed by atoms with Gasteiger partial charge in [0.2, 0.25) is 11.8 Å². The lowest BCUT2D eigenvalue weighted by atomic mass is 9.96. The standard InChI is InChI=1S/C20H33N5O5Si/c1-18(2,3)31(19(4,5)6)28-9-11-13(30-31)20(7,26)16(29-11)25-10-22-12-14(25)23-17(21)24-15(12)27-8/h10-11,13,16,26H,9H2,1-8H3,(H2,21,23,24)/t11-,13-,16-,20-/m1/s1. The molecule has 0 unspecified atom stereocenters. The molecule has 172 valence electrons.